The van der Waals surface area contributed by atoms with E-state index in [0.717, 1.165) is 26.1 Å². The Kier molecular flexibility index (Phi) is 5.56. The molecule has 1 aromatic carbocycles. The van der Waals surface area contributed by atoms with E-state index >= 15 is 0 Å². The Balaban J connectivity index is 1.96. The molecule has 0 saturated heterocycles. The fourth-order valence-corrected chi connectivity index (χ4v) is 2.68. The van der Waals surface area contributed by atoms with Gasteiger partial charge in [0.15, 0.2) is 0 Å². The number of rotatable bonds is 6. The molecule has 1 aliphatic rings. The van der Waals surface area contributed by atoms with Gasteiger partial charge in [0.1, 0.15) is 6.04 Å². The highest BCUT2D eigenvalue weighted by atomic mass is 16.5. The molecule has 0 aliphatic carbocycles. The third-order valence-electron chi connectivity index (χ3n) is 3.67. The normalized spacial score (nSPS) is 16.5. The van der Waals surface area contributed by atoms with Crippen LogP contribution in [0.5, 0.6) is 0 Å². The third kappa shape index (κ3) is 3.81. The van der Waals surface area contributed by atoms with Gasteiger partial charge in [-0.3, -0.25) is 9.69 Å². The van der Waals surface area contributed by atoms with Crippen molar-refractivity contribution in [3.63, 3.8) is 0 Å². The fraction of sp³-hybridized carbons (Fsp3) is 0.562. The lowest BCUT2D eigenvalue weighted by molar-refractivity contribution is -0.146. The summed E-state index contributed by atoms with van der Waals surface area (Å²) in [5.41, 5.74) is 2.80. The molecule has 20 heavy (non-hydrogen) atoms. The van der Waals surface area contributed by atoms with Crippen molar-refractivity contribution in [2.75, 3.05) is 26.2 Å². The van der Waals surface area contributed by atoms with Crippen LogP contribution in [0.3, 0.4) is 0 Å². The Morgan fingerprint density at radius 3 is 2.80 bits per heavy atom. The van der Waals surface area contributed by atoms with Crippen LogP contribution in [0.1, 0.15) is 25.0 Å². The molecule has 2 rings (SSSR count). The second-order valence-electron chi connectivity index (χ2n) is 5.12. The monoisotopic (exact) mass is 276 g/mol. The van der Waals surface area contributed by atoms with E-state index in [9.17, 15) is 4.79 Å². The van der Waals surface area contributed by atoms with Crippen molar-refractivity contribution in [2.45, 2.75) is 32.9 Å². The van der Waals surface area contributed by atoms with Gasteiger partial charge in [-0.05, 0) is 31.0 Å². The number of ether oxygens (including phenoxy) is 1. The van der Waals surface area contributed by atoms with Crippen LogP contribution in [0.2, 0.25) is 0 Å². The second kappa shape index (κ2) is 7.41. The molecule has 1 N–H and O–H groups in total. The summed E-state index contributed by atoms with van der Waals surface area (Å²) < 4.78 is 5.14. The minimum Gasteiger partial charge on any atom is -0.465 e. The highest BCUT2D eigenvalue weighted by Crippen LogP contribution is 2.18. The van der Waals surface area contributed by atoms with Gasteiger partial charge >= 0.3 is 5.97 Å². The number of carbonyl (C=O) groups excluding carboxylic acids is 1. The summed E-state index contributed by atoms with van der Waals surface area (Å²) >= 11 is 0. The van der Waals surface area contributed by atoms with Crippen LogP contribution in [0, 0.1) is 0 Å². The summed E-state index contributed by atoms with van der Waals surface area (Å²) in [6.45, 7) is 7.68. The average molecular weight is 276 g/mol. The van der Waals surface area contributed by atoms with Gasteiger partial charge in [-0.1, -0.05) is 31.2 Å². The Bertz CT molecular complexity index is 448. The molecule has 1 aliphatic heterocycles. The lowest BCUT2D eigenvalue weighted by Gasteiger charge is -2.31. The van der Waals surface area contributed by atoms with Crippen LogP contribution in [-0.2, 0) is 22.5 Å². The van der Waals surface area contributed by atoms with Gasteiger partial charge in [-0.25, -0.2) is 0 Å². The van der Waals surface area contributed by atoms with E-state index in [4.69, 9.17) is 4.74 Å². The molecule has 0 fully saturated rings. The van der Waals surface area contributed by atoms with E-state index in [2.05, 4.69) is 34.5 Å². The highest BCUT2D eigenvalue weighted by Gasteiger charge is 2.24. The van der Waals surface area contributed by atoms with Crippen molar-refractivity contribution in [1.29, 1.82) is 0 Å². The number of likely N-dealkylation sites (N-methyl/N-ethyl adjacent to an activating group) is 1. The van der Waals surface area contributed by atoms with Crippen LogP contribution >= 0.6 is 0 Å². The Hall–Kier alpha value is -1.39. The zero-order valence-electron chi connectivity index (χ0n) is 12.4. The van der Waals surface area contributed by atoms with Crippen molar-refractivity contribution in [1.82, 2.24) is 10.2 Å². The molecule has 4 nitrogen and oxygen atoms in total. The van der Waals surface area contributed by atoms with Crippen LogP contribution in [0.15, 0.2) is 24.3 Å². The molecule has 1 atom stereocenters. The number of nitrogens with zero attached hydrogens (tertiary/aromatic N) is 1. The predicted molar refractivity (Wildman–Crippen MR) is 79.5 cm³/mol. The van der Waals surface area contributed by atoms with E-state index < -0.39 is 0 Å². The summed E-state index contributed by atoms with van der Waals surface area (Å²) in [4.78, 5) is 14.3. The molecule has 110 valence electrons. The summed E-state index contributed by atoms with van der Waals surface area (Å²) in [6, 6.07) is 8.31. The van der Waals surface area contributed by atoms with Crippen molar-refractivity contribution in [3.05, 3.63) is 35.4 Å². The molecule has 0 spiro atoms. The van der Waals surface area contributed by atoms with Crippen molar-refractivity contribution < 1.29 is 9.53 Å². The molecule has 0 bridgehead atoms. The van der Waals surface area contributed by atoms with Gasteiger partial charge in [0, 0.05) is 19.6 Å². The Morgan fingerprint density at radius 1 is 1.35 bits per heavy atom. The number of nitrogens with one attached hydrogen (secondary N) is 1. The molecule has 0 radical (unpaired) electrons. The first-order chi connectivity index (χ1) is 9.74. The molecular formula is C16H24N2O2. The van der Waals surface area contributed by atoms with Gasteiger partial charge in [0.25, 0.3) is 0 Å². The van der Waals surface area contributed by atoms with Crippen molar-refractivity contribution >= 4 is 5.97 Å². The largest absolute Gasteiger partial charge is 0.465 e. The van der Waals surface area contributed by atoms with E-state index in [1.165, 1.54) is 11.1 Å². The molecule has 0 saturated carbocycles. The summed E-state index contributed by atoms with van der Waals surface area (Å²) in [7, 11) is 0. The molecule has 1 unspecified atom stereocenters. The first-order valence-corrected chi connectivity index (χ1v) is 7.43. The number of hydrogen-bond donors (Lipinski definition) is 1. The zero-order valence-corrected chi connectivity index (χ0v) is 12.4. The zero-order chi connectivity index (χ0) is 14.4. The number of carbonyl (C=O) groups is 1. The van der Waals surface area contributed by atoms with E-state index in [1.54, 1.807) is 0 Å². The smallest absolute Gasteiger partial charge is 0.324 e. The molecule has 1 aromatic rings. The maximum atomic E-state index is 11.9. The van der Waals surface area contributed by atoms with Crippen molar-refractivity contribution in [2.24, 2.45) is 0 Å². The SMILES string of the molecule is CCNC(CN1CCc2ccccc2C1)C(=O)OCC. The van der Waals surface area contributed by atoms with E-state index in [1.807, 2.05) is 13.8 Å². The minimum absolute atomic E-state index is 0.145. The highest BCUT2D eigenvalue weighted by molar-refractivity contribution is 5.76. The maximum Gasteiger partial charge on any atom is 0.324 e. The molecule has 4 heteroatoms. The molecular weight excluding hydrogens is 252 g/mol. The molecule has 0 amide bonds. The van der Waals surface area contributed by atoms with E-state index in [-0.39, 0.29) is 12.0 Å². The van der Waals surface area contributed by atoms with Crippen molar-refractivity contribution in [3.8, 4) is 0 Å². The third-order valence-corrected chi connectivity index (χ3v) is 3.67. The van der Waals surface area contributed by atoms with Crippen LogP contribution in [-0.4, -0.2) is 43.2 Å². The predicted octanol–water partition coefficient (Wildman–Crippen LogP) is 1.59. The Labute approximate surface area is 121 Å². The number of hydrogen-bond acceptors (Lipinski definition) is 4. The van der Waals surface area contributed by atoms with Crippen LogP contribution < -0.4 is 5.32 Å². The lowest BCUT2D eigenvalue weighted by atomic mass is 9.99. The number of benzene rings is 1. The molecule has 0 aromatic heterocycles. The topological polar surface area (TPSA) is 41.6 Å². The van der Waals surface area contributed by atoms with Gasteiger partial charge in [0.2, 0.25) is 0 Å². The first-order valence-electron chi connectivity index (χ1n) is 7.43. The summed E-state index contributed by atoms with van der Waals surface area (Å²) in [6.07, 6.45) is 1.05. The van der Waals surface area contributed by atoms with Gasteiger partial charge in [-0.15, -0.1) is 0 Å². The summed E-state index contributed by atoms with van der Waals surface area (Å²) in [5.74, 6) is -0.145. The fourth-order valence-electron chi connectivity index (χ4n) is 2.68. The lowest BCUT2D eigenvalue weighted by Crippen LogP contribution is -2.48. The minimum atomic E-state index is -0.231. The average Bonchev–Trinajstić information content (AvgIpc) is 2.47. The van der Waals surface area contributed by atoms with Crippen LogP contribution in [0.25, 0.3) is 0 Å². The van der Waals surface area contributed by atoms with Gasteiger partial charge < -0.3 is 10.1 Å². The van der Waals surface area contributed by atoms with Crippen LogP contribution in [0.4, 0.5) is 0 Å². The quantitative estimate of drug-likeness (QED) is 0.801. The first kappa shape index (κ1) is 15.0. The van der Waals surface area contributed by atoms with E-state index in [0.29, 0.717) is 13.2 Å². The standard InChI is InChI=1S/C16H24N2O2/c1-3-17-15(16(19)20-4-2)12-18-10-9-13-7-5-6-8-14(13)11-18/h5-8,15,17H,3-4,9-12H2,1-2H3. The van der Waals surface area contributed by atoms with Gasteiger partial charge in [-0.2, -0.15) is 0 Å². The number of esters is 1. The maximum absolute atomic E-state index is 11.9. The second-order valence-corrected chi connectivity index (χ2v) is 5.12. The number of fused-ring (bicyclic) bond motifs is 1. The molecule has 1 heterocycles. The Morgan fingerprint density at radius 2 is 2.10 bits per heavy atom. The van der Waals surface area contributed by atoms with Gasteiger partial charge in [0.05, 0.1) is 6.61 Å². The summed E-state index contributed by atoms with van der Waals surface area (Å²) in [5, 5.41) is 3.22.